The lowest BCUT2D eigenvalue weighted by Gasteiger charge is -2.18. The average Bonchev–Trinajstić information content (AvgIpc) is 3.35. The highest BCUT2D eigenvalue weighted by molar-refractivity contribution is 5.71. The van der Waals surface area contributed by atoms with Gasteiger partial charge < -0.3 is 14.2 Å². The molecular formula is C63H112O6. The van der Waals surface area contributed by atoms with Gasteiger partial charge in [-0.15, -0.1) is 0 Å². The van der Waals surface area contributed by atoms with Crippen LogP contribution in [0.4, 0.5) is 0 Å². The topological polar surface area (TPSA) is 78.9 Å². The van der Waals surface area contributed by atoms with E-state index in [-0.39, 0.29) is 31.1 Å². The maximum Gasteiger partial charge on any atom is 0.306 e. The summed E-state index contributed by atoms with van der Waals surface area (Å²) in [5, 5.41) is 0. The maximum atomic E-state index is 12.9. The number of allylic oxidation sites excluding steroid dienone is 10. The molecule has 0 aliphatic heterocycles. The summed E-state index contributed by atoms with van der Waals surface area (Å²) in [4.78, 5) is 38.2. The van der Waals surface area contributed by atoms with Gasteiger partial charge in [0, 0.05) is 19.3 Å². The Balaban J connectivity index is 4.38. The van der Waals surface area contributed by atoms with Gasteiger partial charge in [0.25, 0.3) is 0 Å². The molecule has 0 saturated carbocycles. The minimum absolute atomic E-state index is 0.0812. The molecule has 0 aromatic rings. The van der Waals surface area contributed by atoms with Gasteiger partial charge in [-0.25, -0.2) is 0 Å². The highest BCUT2D eigenvalue weighted by Gasteiger charge is 2.19. The van der Waals surface area contributed by atoms with Crippen LogP contribution in [0.5, 0.6) is 0 Å². The molecule has 0 bridgehead atoms. The van der Waals surface area contributed by atoms with E-state index in [1.807, 2.05) is 0 Å². The van der Waals surface area contributed by atoms with Crippen LogP contribution < -0.4 is 0 Å². The van der Waals surface area contributed by atoms with Gasteiger partial charge >= 0.3 is 17.9 Å². The summed E-state index contributed by atoms with van der Waals surface area (Å²) in [5.41, 5.74) is 0. The number of carbonyl (C=O) groups excluding carboxylic acids is 3. The van der Waals surface area contributed by atoms with Crippen LogP contribution in [0.2, 0.25) is 0 Å². The Morgan fingerprint density at radius 1 is 0.290 bits per heavy atom. The fraction of sp³-hybridized carbons (Fsp3) is 0.794. The van der Waals surface area contributed by atoms with E-state index in [1.54, 1.807) is 0 Å². The second-order valence-electron chi connectivity index (χ2n) is 19.9. The van der Waals surface area contributed by atoms with Crippen molar-refractivity contribution in [1.82, 2.24) is 0 Å². The highest BCUT2D eigenvalue weighted by atomic mass is 16.6. The van der Waals surface area contributed by atoms with E-state index in [9.17, 15) is 14.4 Å². The number of ether oxygens (including phenoxy) is 3. The number of esters is 3. The number of unbranched alkanes of at least 4 members (excludes halogenated alkanes) is 33. The third-order valence-electron chi connectivity index (χ3n) is 13.0. The molecule has 0 aromatic carbocycles. The molecule has 0 saturated heterocycles. The van der Waals surface area contributed by atoms with Crippen LogP contribution in [0.1, 0.15) is 303 Å². The number of hydrogen-bond acceptors (Lipinski definition) is 6. The third kappa shape index (κ3) is 55.9. The van der Waals surface area contributed by atoms with Gasteiger partial charge in [-0.2, -0.15) is 0 Å². The lowest BCUT2D eigenvalue weighted by Crippen LogP contribution is -2.30. The fourth-order valence-corrected chi connectivity index (χ4v) is 8.44. The summed E-state index contributed by atoms with van der Waals surface area (Å²) in [5.74, 6) is -0.889. The maximum absolute atomic E-state index is 12.9. The zero-order chi connectivity index (χ0) is 50.0. The molecule has 0 radical (unpaired) electrons. The van der Waals surface area contributed by atoms with E-state index in [1.165, 1.54) is 173 Å². The second-order valence-corrected chi connectivity index (χ2v) is 19.9. The molecule has 6 heteroatoms. The van der Waals surface area contributed by atoms with E-state index >= 15 is 0 Å². The Bertz CT molecular complexity index is 1250. The van der Waals surface area contributed by atoms with Crippen LogP contribution in [0.25, 0.3) is 0 Å². The zero-order valence-corrected chi connectivity index (χ0v) is 45.8. The first-order chi connectivity index (χ1) is 34.0. The predicted octanol–water partition coefficient (Wildman–Crippen LogP) is 20.0. The van der Waals surface area contributed by atoms with Gasteiger partial charge in [-0.3, -0.25) is 14.4 Å². The monoisotopic (exact) mass is 965 g/mol. The zero-order valence-electron chi connectivity index (χ0n) is 45.8. The Labute approximate surface area is 428 Å². The quantitative estimate of drug-likeness (QED) is 0.0262. The Kier molecular flexibility index (Phi) is 55.3. The minimum Gasteiger partial charge on any atom is -0.462 e. The van der Waals surface area contributed by atoms with Gasteiger partial charge in [0.1, 0.15) is 13.2 Å². The number of rotatable bonds is 54. The Morgan fingerprint density at radius 2 is 0.522 bits per heavy atom. The molecule has 0 aromatic heterocycles. The molecule has 0 spiro atoms. The summed E-state index contributed by atoms with van der Waals surface area (Å²) in [6.45, 7) is 6.60. The van der Waals surface area contributed by atoms with Crippen LogP contribution in [0.15, 0.2) is 60.8 Å². The van der Waals surface area contributed by atoms with Crippen molar-refractivity contribution >= 4 is 17.9 Å². The molecule has 0 N–H and O–H groups in total. The molecule has 0 amide bonds. The first-order valence-electron chi connectivity index (χ1n) is 29.8. The molecule has 400 valence electrons. The molecule has 0 rings (SSSR count). The summed E-state index contributed by atoms with van der Waals surface area (Å²) >= 11 is 0. The van der Waals surface area contributed by atoms with Gasteiger partial charge in [0.15, 0.2) is 6.10 Å². The van der Waals surface area contributed by atoms with Crippen molar-refractivity contribution in [1.29, 1.82) is 0 Å². The van der Waals surface area contributed by atoms with Crippen LogP contribution in [-0.4, -0.2) is 37.2 Å². The van der Waals surface area contributed by atoms with E-state index in [0.717, 1.165) is 89.9 Å². The molecule has 6 nitrogen and oxygen atoms in total. The van der Waals surface area contributed by atoms with Crippen molar-refractivity contribution in [3.63, 3.8) is 0 Å². The van der Waals surface area contributed by atoms with Crippen LogP contribution in [0, 0.1) is 0 Å². The number of hydrogen-bond donors (Lipinski definition) is 0. The summed E-state index contributed by atoms with van der Waals surface area (Å²) in [6, 6.07) is 0. The average molecular weight is 966 g/mol. The summed E-state index contributed by atoms with van der Waals surface area (Å²) in [7, 11) is 0. The lowest BCUT2D eigenvalue weighted by molar-refractivity contribution is -0.167. The normalized spacial score (nSPS) is 12.4. The van der Waals surface area contributed by atoms with E-state index in [2.05, 4.69) is 81.5 Å². The summed E-state index contributed by atoms with van der Waals surface area (Å²) in [6.07, 6.45) is 72.0. The SMILES string of the molecule is CCCCC/C=C\C/C=C\CCCCCCCCCCCC(=O)OC[C@H](COC(=O)CCCCCCCCC/C=C\C/C=C\CCCCC)OC(=O)CCCCCCC/C=C\CCCCCCCC. The van der Waals surface area contributed by atoms with Gasteiger partial charge in [-0.05, 0) is 109 Å². The lowest BCUT2D eigenvalue weighted by atomic mass is 10.1. The van der Waals surface area contributed by atoms with Crippen molar-refractivity contribution in [2.75, 3.05) is 13.2 Å². The standard InChI is InChI=1S/C63H112O6/c1-4-7-10-13-16-19-22-25-28-30-31-33-36-38-41-44-47-50-53-56-62(65)68-59-60(69-63(66)57-54-51-48-45-42-39-34-27-24-21-18-15-12-9-6-3)58-67-61(64)55-52-49-46-43-40-37-35-32-29-26-23-20-17-14-11-8-5-2/h16-17,19-20,25-29,34,60H,4-15,18,21-24,30-33,35-59H2,1-3H3/b19-16-,20-17-,28-25-,29-26-,34-27-/t60-/m0/s1. The molecular weight excluding hydrogens is 853 g/mol. The Morgan fingerprint density at radius 3 is 0.841 bits per heavy atom. The highest BCUT2D eigenvalue weighted by Crippen LogP contribution is 2.15. The van der Waals surface area contributed by atoms with Crippen molar-refractivity contribution in [2.24, 2.45) is 0 Å². The molecule has 1 atom stereocenters. The number of carbonyl (C=O) groups is 3. The van der Waals surface area contributed by atoms with Gasteiger partial charge in [0.2, 0.25) is 0 Å². The van der Waals surface area contributed by atoms with Gasteiger partial charge in [-0.1, -0.05) is 236 Å². The first-order valence-corrected chi connectivity index (χ1v) is 29.8. The molecule has 0 aliphatic rings. The first kappa shape index (κ1) is 66.1. The van der Waals surface area contributed by atoms with Crippen molar-refractivity contribution in [3.05, 3.63) is 60.8 Å². The smallest absolute Gasteiger partial charge is 0.306 e. The largest absolute Gasteiger partial charge is 0.462 e. The third-order valence-corrected chi connectivity index (χ3v) is 13.0. The van der Waals surface area contributed by atoms with Crippen molar-refractivity contribution in [2.45, 2.75) is 309 Å². The van der Waals surface area contributed by atoms with Crippen LogP contribution in [0.3, 0.4) is 0 Å². The predicted molar refractivity (Wildman–Crippen MR) is 298 cm³/mol. The molecule has 0 unspecified atom stereocenters. The Hall–Kier alpha value is -2.89. The van der Waals surface area contributed by atoms with Crippen LogP contribution >= 0.6 is 0 Å². The molecule has 0 heterocycles. The molecule has 69 heavy (non-hydrogen) atoms. The van der Waals surface area contributed by atoms with Crippen LogP contribution in [-0.2, 0) is 28.6 Å². The van der Waals surface area contributed by atoms with E-state index in [0.29, 0.717) is 19.3 Å². The second kappa shape index (κ2) is 57.7. The van der Waals surface area contributed by atoms with E-state index < -0.39 is 6.10 Å². The molecule has 0 aliphatic carbocycles. The van der Waals surface area contributed by atoms with E-state index in [4.69, 9.17) is 14.2 Å². The fourth-order valence-electron chi connectivity index (χ4n) is 8.44. The summed E-state index contributed by atoms with van der Waals surface area (Å²) < 4.78 is 16.9. The molecule has 0 fully saturated rings. The van der Waals surface area contributed by atoms with Crippen molar-refractivity contribution < 1.29 is 28.6 Å². The minimum atomic E-state index is -0.784. The van der Waals surface area contributed by atoms with Crippen molar-refractivity contribution in [3.8, 4) is 0 Å². The van der Waals surface area contributed by atoms with Gasteiger partial charge in [0.05, 0.1) is 0 Å².